The van der Waals surface area contributed by atoms with Gasteiger partial charge < -0.3 is 5.11 Å². The molecule has 0 saturated carbocycles. The number of rotatable bonds is 2. The summed E-state index contributed by atoms with van der Waals surface area (Å²) in [7, 11) is 1.85. The molecule has 0 bridgehead atoms. The summed E-state index contributed by atoms with van der Waals surface area (Å²) < 4.78 is 0. The van der Waals surface area contributed by atoms with Gasteiger partial charge in [0.1, 0.15) is 13.6 Å². The summed E-state index contributed by atoms with van der Waals surface area (Å²) in [6.07, 6.45) is 0. The van der Waals surface area contributed by atoms with Crippen LogP contribution in [0.25, 0.3) is 0 Å². The zero-order valence-electron chi connectivity index (χ0n) is 6.67. The first kappa shape index (κ1) is 9.14. The van der Waals surface area contributed by atoms with Crippen LogP contribution in [0.5, 0.6) is 5.75 Å². The van der Waals surface area contributed by atoms with Crippen LogP contribution in [-0.4, -0.2) is 24.6 Å². The molecule has 0 saturated heterocycles. The average molecular weight is 182 g/mol. The number of phenolic OH excluding ortho intramolecular Hbond substituents is 1. The van der Waals surface area contributed by atoms with Crippen molar-refractivity contribution in [2.24, 2.45) is 0 Å². The largest absolute Gasteiger partial charge is 0.507 e. The van der Waals surface area contributed by atoms with Crippen LogP contribution in [0.15, 0.2) is 18.2 Å². The van der Waals surface area contributed by atoms with Crippen molar-refractivity contribution >= 4 is 30.7 Å². The van der Waals surface area contributed by atoms with Crippen molar-refractivity contribution in [2.75, 3.05) is 5.88 Å². The van der Waals surface area contributed by atoms with Crippen LogP contribution in [0.3, 0.4) is 0 Å². The number of carbonyl (C=O) groups excluding carboxylic acids is 1. The summed E-state index contributed by atoms with van der Waals surface area (Å²) in [5.74, 6) is -0.360. The Labute approximate surface area is 76.6 Å². The van der Waals surface area contributed by atoms with Gasteiger partial charge in [0, 0.05) is 0 Å². The Morgan fingerprint density at radius 1 is 1.58 bits per heavy atom. The van der Waals surface area contributed by atoms with Gasteiger partial charge in [0.15, 0.2) is 5.78 Å². The molecule has 1 aromatic carbocycles. The lowest BCUT2D eigenvalue weighted by Crippen LogP contribution is -2.08. The predicted octanol–water partition coefficient (Wildman–Crippen LogP) is 0.0721. The molecule has 0 fully saturated rings. The standard InChI is InChI=1S/C8H8BClO2/c9-5-1-2-7(11)6(3-5)8(12)4-10/h1-3,11H,4,9H2. The van der Waals surface area contributed by atoms with Gasteiger partial charge in [-0.3, -0.25) is 4.79 Å². The molecule has 0 amide bonds. The summed E-state index contributed by atoms with van der Waals surface area (Å²) in [5.41, 5.74) is 1.23. The fraction of sp³-hybridized carbons (Fsp3) is 0.125. The van der Waals surface area contributed by atoms with Gasteiger partial charge in [0.05, 0.1) is 11.4 Å². The first-order valence-electron chi connectivity index (χ1n) is 3.54. The third-order valence-electron chi connectivity index (χ3n) is 1.57. The molecule has 0 spiro atoms. The second kappa shape index (κ2) is 3.63. The van der Waals surface area contributed by atoms with E-state index >= 15 is 0 Å². The highest BCUT2D eigenvalue weighted by molar-refractivity contribution is 6.34. The molecule has 0 unspecified atom stereocenters. The van der Waals surface area contributed by atoms with E-state index in [1.165, 1.54) is 6.07 Å². The highest BCUT2D eigenvalue weighted by Crippen LogP contribution is 2.15. The second-order valence-corrected chi connectivity index (χ2v) is 2.84. The van der Waals surface area contributed by atoms with Crippen molar-refractivity contribution in [1.82, 2.24) is 0 Å². The summed E-state index contributed by atoms with van der Waals surface area (Å²) in [6, 6.07) is 4.86. The quantitative estimate of drug-likeness (QED) is 0.399. The minimum atomic E-state index is -0.252. The van der Waals surface area contributed by atoms with Crippen LogP contribution in [-0.2, 0) is 0 Å². The van der Waals surface area contributed by atoms with Gasteiger partial charge in [-0.15, -0.1) is 11.6 Å². The molecule has 0 aliphatic heterocycles. The molecule has 0 aliphatic rings. The monoisotopic (exact) mass is 182 g/mol. The van der Waals surface area contributed by atoms with Crippen LogP contribution in [0.2, 0.25) is 0 Å². The van der Waals surface area contributed by atoms with Crippen molar-refractivity contribution in [3.05, 3.63) is 23.8 Å². The highest BCUT2D eigenvalue weighted by Gasteiger charge is 2.08. The molecule has 62 valence electrons. The van der Waals surface area contributed by atoms with Gasteiger partial charge in [0.2, 0.25) is 0 Å². The second-order valence-electron chi connectivity index (χ2n) is 2.58. The molecule has 1 aromatic rings. The van der Waals surface area contributed by atoms with Crippen molar-refractivity contribution in [1.29, 1.82) is 0 Å². The summed E-state index contributed by atoms with van der Waals surface area (Å²) in [6.45, 7) is 0. The SMILES string of the molecule is Bc1ccc(O)c(C(=O)CCl)c1. The number of halogens is 1. The number of alkyl halides is 1. The molecule has 12 heavy (non-hydrogen) atoms. The van der Waals surface area contributed by atoms with E-state index in [4.69, 9.17) is 11.6 Å². The molecule has 2 nitrogen and oxygen atoms in total. The highest BCUT2D eigenvalue weighted by atomic mass is 35.5. The number of phenols is 1. The van der Waals surface area contributed by atoms with E-state index in [9.17, 15) is 9.90 Å². The molecule has 1 N–H and O–H groups in total. The van der Waals surface area contributed by atoms with Crippen molar-refractivity contribution in [2.45, 2.75) is 0 Å². The van der Waals surface area contributed by atoms with Crippen molar-refractivity contribution < 1.29 is 9.90 Å². The Hall–Kier alpha value is -0.955. The zero-order chi connectivity index (χ0) is 9.14. The minimum Gasteiger partial charge on any atom is -0.507 e. The van der Waals surface area contributed by atoms with E-state index in [-0.39, 0.29) is 17.4 Å². The van der Waals surface area contributed by atoms with Gasteiger partial charge in [-0.1, -0.05) is 17.6 Å². The normalized spacial score (nSPS) is 9.75. The number of carbonyl (C=O) groups is 1. The lowest BCUT2D eigenvalue weighted by molar-refractivity contribution is 0.101. The lowest BCUT2D eigenvalue weighted by atomic mass is 9.93. The Bertz CT molecular complexity index is 312. The number of benzene rings is 1. The number of hydrogen-bond donors (Lipinski definition) is 1. The summed E-state index contributed by atoms with van der Waals surface area (Å²) >= 11 is 5.35. The molecule has 0 heterocycles. The maximum absolute atomic E-state index is 11.1. The van der Waals surface area contributed by atoms with E-state index in [2.05, 4.69) is 0 Å². The van der Waals surface area contributed by atoms with Gasteiger partial charge in [-0.25, -0.2) is 0 Å². The van der Waals surface area contributed by atoms with Gasteiger partial charge in [-0.2, -0.15) is 0 Å². The number of Topliss-reactive ketones (excluding diaryl/α,β-unsaturated/α-hetero) is 1. The third kappa shape index (κ3) is 1.80. The lowest BCUT2D eigenvalue weighted by Gasteiger charge is -2.01. The fourth-order valence-electron chi connectivity index (χ4n) is 0.945. The first-order valence-corrected chi connectivity index (χ1v) is 4.07. The van der Waals surface area contributed by atoms with Crippen LogP contribution >= 0.6 is 11.6 Å². The van der Waals surface area contributed by atoms with Crippen LogP contribution in [0, 0.1) is 0 Å². The fourth-order valence-corrected chi connectivity index (χ4v) is 1.09. The van der Waals surface area contributed by atoms with Crippen LogP contribution in [0.1, 0.15) is 10.4 Å². The smallest absolute Gasteiger partial charge is 0.181 e. The molecular weight excluding hydrogens is 174 g/mol. The number of hydrogen-bond acceptors (Lipinski definition) is 2. The first-order chi connectivity index (χ1) is 5.65. The van der Waals surface area contributed by atoms with E-state index in [1.807, 2.05) is 7.85 Å². The number of ketones is 1. The Morgan fingerprint density at radius 3 is 2.83 bits per heavy atom. The Balaban J connectivity index is 3.13. The zero-order valence-corrected chi connectivity index (χ0v) is 7.43. The maximum atomic E-state index is 11.1. The van der Waals surface area contributed by atoms with E-state index in [0.717, 1.165) is 5.46 Å². The van der Waals surface area contributed by atoms with Gasteiger partial charge in [0.25, 0.3) is 0 Å². The Morgan fingerprint density at radius 2 is 2.25 bits per heavy atom. The van der Waals surface area contributed by atoms with Crippen LogP contribution in [0.4, 0.5) is 0 Å². The van der Waals surface area contributed by atoms with E-state index in [0.29, 0.717) is 5.56 Å². The molecule has 4 heteroatoms. The van der Waals surface area contributed by atoms with E-state index < -0.39 is 0 Å². The third-order valence-corrected chi connectivity index (χ3v) is 1.82. The maximum Gasteiger partial charge on any atom is 0.181 e. The molecule has 1 rings (SSSR count). The Kier molecular flexibility index (Phi) is 2.76. The molecule has 0 atom stereocenters. The van der Waals surface area contributed by atoms with E-state index in [1.54, 1.807) is 12.1 Å². The molecule has 0 aromatic heterocycles. The summed E-state index contributed by atoms with van der Waals surface area (Å²) in [4.78, 5) is 11.1. The topological polar surface area (TPSA) is 37.3 Å². The minimum absolute atomic E-state index is 0.00810. The average Bonchev–Trinajstić information content (AvgIpc) is 2.08. The van der Waals surface area contributed by atoms with Gasteiger partial charge in [-0.05, 0) is 6.07 Å². The number of aromatic hydroxyl groups is 1. The van der Waals surface area contributed by atoms with Gasteiger partial charge >= 0.3 is 0 Å². The molecular formula is C8H8BClO2. The molecule has 0 radical (unpaired) electrons. The molecule has 0 aliphatic carbocycles. The summed E-state index contributed by atoms with van der Waals surface area (Å²) in [5, 5.41) is 9.26. The predicted molar refractivity (Wildman–Crippen MR) is 51.3 cm³/mol. The van der Waals surface area contributed by atoms with Crippen molar-refractivity contribution in [3.8, 4) is 5.75 Å². The van der Waals surface area contributed by atoms with Crippen molar-refractivity contribution in [3.63, 3.8) is 0 Å². The van der Waals surface area contributed by atoms with Crippen LogP contribution < -0.4 is 5.46 Å².